The minimum Gasteiger partial charge on any atom is -0.462 e. The van der Waals surface area contributed by atoms with E-state index in [2.05, 4.69) is 5.32 Å². The van der Waals surface area contributed by atoms with Gasteiger partial charge in [-0.3, -0.25) is 19.8 Å². The molecular weight excluding hydrogens is 460 g/mol. The Morgan fingerprint density at radius 2 is 1.79 bits per heavy atom. The summed E-state index contributed by atoms with van der Waals surface area (Å²) in [7, 11) is 0. The lowest BCUT2D eigenvalue weighted by atomic mass is 10.1. The molecule has 2 aromatic carbocycles. The third-order valence-corrected chi connectivity index (χ3v) is 5.43. The molecule has 9 heteroatoms. The molecular formula is C25H19ClN2O6. The fourth-order valence-corrected chi connectivity index (χ4v) is 3.54. The summed E-state index contributed by atoms with van der Waals surface area (Å²) >= 11 is 6.15. The van der Waals surface area contributed by atoms with Crippen LogP contribution in [0.2, 0.25) is 5.02 Å². The lowest BCUT2D eigenvalue weighted by Gasteiger charge is -2.26. The summed E-state index contributed by atoms with van der Waals surface area (Å²) in [6.45, 7) is 1.92. The van der Waals surface area contributed by atoms with Gasteiger partial charge < -0.3 is 9.15 Å². The van der Waals surface area contributed by atoms with Crippen molar-refractivity contribution < 1.29 is 28.3 Å². The predicted molar refractivity (Wildman–Crippen MR) is 124 cm³/mol. The Hall–Kier alpha value is -4.17. The van der Waals surface area contributed by atoms with Crippen LogP contribution in [-0.4, -0.2) is 35.3 Å². The van der Waals surface area contributed by atoms with Crippen molar-refractivity contribution in [3.63, 3.8) is 0 Å². The fourth-order valence-electron chi connectivity index (χ4n) is 3.35. The van der Waals surface area contributed by atoms with Crippen LogP contribution in [0, 0.1) is 0 Å². The SMILES string of the molecule is CCOC(=O)c1ccc(-c2ccc(C=C3C(=O)NC(=O)N(Cc4ccccc4Cl)C3=O)o2)cc1. The van der Waals surface area contributed by atoms with Crippen LogP contribution >= 0.6 is 11.6 Å². The van der Waals surface area contributed by atoms with Gasteiger partial charge in [-0.15, -0.1) is 0 Å². The first-order chi connectivity index (χ1) is 16.4. The van der Waals surface area contributed by atoms with Gasteiger partial charge in [0.2, 0.25) is 0 Å². The average molecular weight is 479 g/mol. The van der Waals surface area contributed by atoms with E-state index in [0.29, 0.717) is 27.5 Å². The topological polar surface area (TPSA) is 106 Å². The van der Waals surface area contributed by atoms with Gasteiger partial charge in [0.25, 0.3) is 11.8 Å². The fraction of sp³-hybridized carbons (Fsp3) is 0.120. The maximum atomic E-state index is 12.9. The van der Waals surface area contributed by atoms with Crippen LogP contribution in [0.3, 0.4) is 0 Å². The van der Waals surface area contributed by atoms with Gasteiger partial charge in [0.15, 0.2) is 0 Å². The van der Waals surface area contributed by atoms with Crippen molar-refractivity contribution in [1.29, 1.82) is 0 Å². The van der Waals surface area contributed by atoms with Crippen molar-refractivity contribution in [2.24, 2.45) is 0 Å². The van der Waals surface area contributed by atoms with Crippen LogP contribution in [0.25, 0.3) is 17.4 Å². The number of hydrogen-bond donors (Lipinski definition) is 1. The number of barbiturate groups is 1. The zero-order valence-corrected chi connectivity index (χ0v) is 18.8. The number of urea groups is 1. The third kappa shape index (κ3) is 4.77. The molecule has 3 aromatic rings. The standard InChI is InChI=1S/C25H19ClN2O6/c1-2-33-24(31)16-9-7-15(8-10-16)21-12-11-18(34-21)13-19-22(29)27-25(32)28(23(19)30)14-17-5-3-4-6-20(17)26/h3-13H,2,14H2,1H3,(H,27,29,32). The molecule has 0 saturated carbocycles. The number of hydrogen-bond acceptors (Lipinski definition) is 6. The maximum absolute atomic E-state index is 12.9. The van der Waals surface area contributed by atoms with Gasteiger partial charge in [0, 0.05) is 10.6 Å². The van der Waals surface area contributed by atoms with E-state index in [1.54, 1.807) is 67.6 Å². The van der Waals surface area contributed by atoms with Crippen molar-refractivity contribution in [3.05, 3.63) is 88.1 Å². The van der Waals surface area contributed by atoms with Gasteiger partial charge in [-0.05, 0) is 48.9 Å². The molecule has 1 saturated heterocycles. The highest BCUT2D eigenvalue weighted by molar-refractivity contribution is 6.32. The minimum atomic E-state index is -0.825. The van der Waals surface area contributed by atoms with E-state index in [0.717, 1.165) is 4.90 Å². The van der Waals surface area contributed by atoms with Gasteiger partial charge in [-0.2, -0.15) is 0 Å². The summed E-state index contributed by atoms with van der Waals surface area (Å²) in [5, 5.41) is 2.56. The number of nitrogens with one attached hydrogen (secondary N) is 1. The van der Waals surface area contributed by atoms with Gasteiger partial charge in [-0.1, -0.05) is 41.9 Å². The first kappa shape index (κ1) is 23.0. The number of nitrogens with zero attached hydrogens (tertiary/aromatic N) is 1. The van der Waals surface area contributed by atoms with Gasteiger partial charge in [-0.25, -0.2) is 9.59 Å². The molecule has 0 bridgehead atoms. The third-order valence-electron chi connectivity index (χ3n) is 5.07. The van der Waals surface area contributed by atoms with Crippen LogP contribution in [-0.2, 0) is 20.9 Å². The molecule has 2 heterocycles. The van der Waals surface area contributed by atoms with Crippen LogP contribution in [0.1, 0.15) is 28.6 Å². The second-order valence-electron chi connectivity index (χ2n) is 7.30. The second-order valence-corrected chi connectivity index (χ2v) is 7.71. The Morgan fingerprint density at radius 1 is 1.06 bits per heavy atom. The molecule has 0 aliphatic carbocycles. The lowest BCUT2D eigenvalue weighted by molar-refractivity contribution is -0.130. The zero-order valence-electron chi connectivity index (χ0n) is 18.0. The van der Waals surface area contributed by atoms with Crippen LogP contribution in [0.5, 0.6) is 0 Å². The molecule has 1 fully saturated rings. The molecule has 0 atom stereocenters. The predicted octanol–water partition coefficient (Wildman–Crippen LogP) is 4.44. The van der Waals surface area contributed by atoms with Crippen LogP contribution < -0.4 is 5.32 Å². The lowest BCUT2D eigenvalue weighted by Crippen LogP contribution is -2.53. The van der Waals surface area contributed by atoms with E-state index in [-0.39, 0.29) is 24.5 Å². The van der Waals surface area contributed by atoms with Crippen molar-refractivity contribution in [1.82, 2.24) is 10.2 Å². The van der Waals surface area contributed by atoms with E-state index in [9.17, 15) is 19.2 Å². The van der Waals surface area contributed by atoms with E-state index in [1.165, 1.54) is 6.08 Å². The molecule has 4 amide bonds. The number of rotatable bonds is 6. The minimum absolute atomic E-state index is 0.0921. The van der Waals surface area contributed by atoms with Crippen molar-refractivity contribution >= 4 is 41.5 Å². The number of esters is 1. The molecule has 8 nitrogen and oxygen atoms in total. The summed E-state index contributed by atoms with van der Waals surface area (Å²) in [4.78, 5) is 50.3. The Labute approximate surface area is 199 Å². The summed E-state index contributed by atoms with van der Waals surface area (Å²) in [5.74, 6) is -1.28. The average Bonchev–Trinajstić information content (AvgIpc) is 3.29. The number of furan rings is 1. The number of amides is 4. The summed E-state index contributed by atoms with van der Waals surface area (Å²) in [6.07, 6.45) is 1.28. The highest BCUT2D eigenvalue weighted by Crippen LogP contribution is 2.26. The van der Waals surface area contributed by atoms with Crippen molar-refractivity contribution in [2.45, 2.75) is 13.5 Å². The van der Waals surface area contributed by atoms with Gasteiger partial charge in [0.1, 0.15) is 17.1 Å². The molecule has 172 valence electrons. The highest BCUT2D eigenvalue weighted by atomic mass is 35.5. The van der Waals surface area contributed by atoms with Gasteiger partial charge in [0.05, 0.1) is 18.7 Å². The Bertz CT molecular complexity index is 1310. The smallest absolute Gasteiger partial charge is 0.338 e. The first-order valence-electron chi connectivity index (χ1n) is 10.4. The zero-order chi connectivity index (χ0) is 24.2. The second kappa shape index (κ2) is 9.76. The van der Waals surface area contributed by atoms with Crippen LogP contribution in [0.15, 0.2) is 70.7 Å². The Balaban J connectivity index is 1.56. The van der Waals surface area contributed by atoms with Crippen molar-refractivity contribution in [3.8, 4) is 11.3 Å². The van der Waals surface area contributed by atoms with E-state index >= 15 is 0 Å². The van der Waals surface area contributed by atoms with Gasteiger partial charge >= 0.3 is 12.0 Å². The van der Waals surface area contributed by atoms with Crippen LogP contribution in [0.4, 0.5) is 4.79 Å². The quantitative estimate of drug-likeness (QED) is 0.319. The Kier molecular flexibility index (Phi) is 6.60. The number of carbonyl (C=O) groups excluding carboxylic acids is 4. The summed E-state index contributed by atoms with van der Waals surface area (Å²) in [5.41, 5.74) is 1.41. The molecule has 0 radical (unpaired) electrons. The molecule has 0 spiro atoms. The van der Waals surface area contributed by atoms with Crippen molar-refractivity contribution in [2.75, 3.05) is 6.61 Å². The number of ether oxygens (including phenoxy) is 1. The van der Waals surface area contributed by atoms with E-state index < -0.39 is 23.8 Å². The molecule has 34 heavy (non-hydrogen) atoms. The first-order valence-corrected chi connectivity index (χ1v) is 10.7. The summed E-state index contributed by atoms with van der Waals surface area (Å²) in [6, 6.07) is 15.9. The maximum Gasteiger partial charge on any atom is 0.338 e. The number of benzene rings is 2. The van der Waals surface area contributed by atoms with E-state index in [1.807, 2.05) is 0 Å². The monoisotopic (exact) mass is 478 g/mol. The molecule has 1 aliphatic heterocycles. The highest BCUT2D eigenvalue weighted by Gasteiger charge is 2.36. The molecule has 1 aromatic heterocycles. The molecule has 1 N–H and O–H groups in total. The number of halogens is 1. The number of carbonyl (C=O) groups is 4. The Morgan fingerprint density at radius 3 is 2.50 bits per heavy atom. The van der Waals surface area contributed by atoms with E-state index in [4.69, 9.17) is 20.8 Å². The largest absolute Gasteiger partial charge is 0.462 e. The summed E-state index contributed by atoms with van der Waals surface area (Å²) < 4.78 is 10.7. The molecule has 0 unspecified atom stereocenters. The normalized spacial score (nSPS) is 14.9. The molecule has 1 aliphatic rings. The number of imide groups is 2. The molecule has 4 rings (SSSR count).